The fraction of sp³-hybridized carbons (Fsp3) is 0.250. The number of carboxylic acids is 1. The van der Waals surface area contributed by atoms with Crippen LogP contribution >= 0.6 is 11.6 Å². The molecule has 0 saturated carbocycles. The molecule has 1 aromatic carbocycles. The number of hydrogen-bond acceptors (Lipinski definition) is 2. The van der Waals surface area contributed by atoms with Crippen molar-refractivity contribution >= 4 is 17.6 Å². The molecule has 110 valence electrons. The first-order valence-electron chi connectivity index (χ1n) is 6.75. The highest BCUT2D eigenvalue weighted by Crippen LogP contribution is 2.26. The van der Waals surface area contributed by atoms with E-state index in [9.17, 15) is 14.7 Å². The Morgan fingerprint density at radius 1 is 1.29 bits per heavy atom. The van der Waals surface area contributed by atoms with Crippen molar-refractivity contribution in [3.8, 4) is 11.3 Å². The summed E-state index contributed by atoms with van der Waals surface area (Å²) in [7, 11) is 0. The molecule has 0 atom stereocenters. The number of aromatic carboxylic acids is 1. The standard InChI is InChI=1S/C16H16ClNO3/c1-3-12-9-13(19)14(16(20)21)15(18(12)4-2)10-6-5-7-11(17)8-10/h5-9H,3-4H2,1-2H3,(H,20,21). The van der Waals surface area contributed by atoms with Gasteiger partial charge < -0.3 is 9.67 Å². The molecule has 0 radical (unpaired) electrons. The Morgan fingerprint density at radius 2 is 2.00 bits per heavy atom. The molecule has 21 heavy (non-hydrogen) atoms. The Kier molecular flexibility index (Phi) is 4.48. The van der Waals surface area contributed by atoms with Gasteiger partial charge in [0.1, 0.15) is 5.56 Å². The van der Waals surface area contributed by atoms with Gasteiger partial charge in [0.2, 0.25) is 0 Å². The average Bonchev–Trinajstić information content (AvgIpc) is 2.45. The lowest BCUT2D eigenvalue weighted by Crippen LogP contribution is -2.23. The molecule has 5 heteroatoms. The second kappa shape index (κ2) is 6.14. The maximum Gasteiger partial charge on any atom is 0.341 e. The first-order valence-corrected chi connectivity index (χ1v) is 7.13. The van der Waals surface area contributed by atoms with Crippen LogP contribution in [0, 0.1) is 0 Å². The van der Waals surface area contributed by atoms with Gasteiger partial charge in [0, 0.05) is 28.9 Å². The molecule has 0 fully saturated rings. The smallest absolute Gasteiger partial charge is 0.341 e. The number of benzene rings is 1. The van der Waals surface area contributed by atoms with Crippen LogP contribution in [-0.4, -0.2) is 15.6 Å². The number of aromatic nitrogens is 1. The number of pyridine rings is 1. The molecule has 0 aliphatic heterocycles. The van der Waals surface area contributed by atoms with Crippen LogP contribution in [0.15, 0.2) is 35.1 Å². The molecular weight excluding hydrogens is 290 g/mol. The van der Waals surface area contributed by atoms with Gasteiger partial charge in [-0.15, -0.1) is 0 Å². The Labute approximate surface area is 127 Å². The van der Waals surface area contributed by atoms with Crippen molar-refractivity contribution in [2.24, 2.45) is 0 Å². The number of rotatable bonds is 4. The number of carbonyl (C=O) groups is 1. The van der Waals surface area contributed by atoms with E-state index in [-0.39, 0.29) is 5.56 Å². The number of aryl methyl sites for hydroxylation is 1. The molecule has 0 aliphatic carbocycles. The predicted molar refractivity (Wildman–Crippen MR) is 83.2 cm³/mol. The van der Waals surface area contributed by atoms with Crippen LogP contribution < -0.4 is 5.43 Å². The van der Waals surface area contributed by atoms with E-state index in [4.69, 9.17) is 11.6 Å². The van der Waals surface area contributed by atoms with E-state index in [1.54, 1.807) is 24.3 Å². The van der Waals surface area contributed by atoms with Gasteiger partial charge >= 0.3 is 5.97 Å². The molecule has 2 aromatic rings. The van der Waals surface area contributed by atoms with E-state index in [2.05, 4.69) is 0 Å². The minimum atomic E-state index is -1.22. The first-order chi connectivity index (χ1) is 9.99. The van der Waals surface area contributed by atoms with Gasteiger partial charge in [-0.05, 0) is 25.5 Å². The summed E-state index contributed by atoms with van der Waals surface area (Å²) in [6.45, 7) is 4.43. The van der Waals surface area contributed by atoms with Crippen LogP contribution in [0.25, 0.3) is 11.3 Å². The Morgan fingerprint density at radius 3 is 2.52 bits per heavy atom. The molecular formula is C16H16ClNO3. The van der Waals surface area contributed by atoms with E-state index in [1.807, 2.05) is 18.4 Å². The molecule has 0 saturated heterocycles. The second-order valence-electron chi connectivity index (χ2n) is 4.64. The summed E-state index contributed by atoms with van der Waals surface area (Å²) in [5.74, 6) is -1.22. The average molecular weight is 306 g/mol. The summed E-state index contributed by atoms with van der Waals surface area (Å²) in [6.07, 6.45) is 0.649. The third kappa shape index (κ3) is 2.85. The van der Waals surface area contributed by atoms with E-state index in [0.29, 0.717) is 29.2 Å². The topological polar surface area (TPSA) is 59.3 Å². The van der Waals surface area contributed by atoms with Gasteiger partial charge in [-0.3, -0.25) is 4.79 Å². The molecule has 1 N–H and O–H groups in total. The largest absolute Gasteiger partial charge is 0.477 e. The zero-order valence-electron chi connectivity index (χ0n) is 11.9. The monoisotopic (exact) mass is 305 g/mol. The molecule has 0 unspecified atom stereocenters. The van der Waals surface area contributed by atoms with Gasteiger partial charge in [0.15, 0.2) is 5.43 Å². The molecule has 1 aromatic heterocycles. The van der Waals surface area contributed by atoms with Crippen molar-refractivity contribution in [1.29, 1.82) is 0 Å². The van der Waals surface area contributed by atoms with Gasteiger partial charge in [0.05, 0.1) is 5.69 Å². The van der Waals surface area contributed by atoms with E-state index >= 15 is 0 Å². The highest BCUT2D eigenvalue weighted by atomic mass is 35.5. The van der Waals surface area contributed by atoms with Gasteiger partial charge in [-0.2, -0.15) is 0 Å². The number of hydrogen-bond donors (Lipinski definition) is 1. The summed E-state index contributed by atoms with van der Waals surface area (Å²) < 4.78 is 1.86. The third-order valence-electron chi connectivity index (χ3n) is 3.39. The molecule has 0 aliphatic rings. The third-order valence-corrected chi connectivity index (χ3v) is 3.62. The maximum atomic E-state index is 12.2. The molecule has 4 nitrogen and oxygen atoms in total. The van der Waals surface area contributed by atoms with Crippen molar-refractivity contribution < 1.29 is 9.90 Å². The van der Waals surface area contributed by atoms with Crippen molar-refractivity contribution in [3.05, 3.63) is 56.8 Å². The Bertz CT molecular complexity index is 750. The first kappa shape index (κ1) is 15.3. The van der Waals surface area contributed by atoms with Crippen molar-refractivity contribution in [3.63, 3.8) is 0 Å². The van der Waals surface area contributed by atoms with Crippen LogP contribution in [0.5, 0.6) is 0 Å². The van der Waals surface area contributed by atoms with Gasteiger partial charge in [-0.25, -0.2) is 4.79 Å². The highest BCUT2D eigenvalue weighted by Gasteiger charge is 2.21. The second-order valence-corrected chi connectivity index (χ2v) is 5.07. The SMILES string of the molecule is CCc1cc(=O)c(C(=O)O)c(-c2cccc(Cl)c2)n1CC. The lowest BCUT2D eigenvalue weighted by atomic mass is 10.0. The number of carboxylic acid groups (broad SMARTS) is 1. The van der Waals surface area contributed by atoms with Crippen LogP contribution in [0.2, 0.25) is 5.02 Å². The van der Waals surface area contributed by atoms with Crippen molar-refractivity contribution in [2.45, 2.75) is 26.8 Å². The normalized spacial score (nSPS) is 10.6. The van der Waals surface area contributed by atoms with Gasteiger partial charge in [0.25, 0.3) is 0 Å². The zero-order chi connectivity index (χ0) is 15.6. The van der Waals surface area contributed by atoms with E-state index < -0.39 is 11.4 Å². The minimum Gasteiger partial charge on any atom is -0.477 e. The van der Waals surface area contributed by atoms with E-state index in [0.717, 1.165) is 5.69 Å². The zero-order valence-corrected chi connectivity index (χ0v) is 12.6. The lowest BCUT2D eigenvalue weighted by Gasteiger charge is -2.19. The fourth-order valence-electron chi connectivity index (χ4n) is 2.49. The molecule has 1 heterocycles. The van der Waals surface area contributed by atoms with Crippen LogP contribution in [0.3, 0.4) is 0 Å². The summed E-state index contributed by atoms with van der Waals surface area (Å²) in [4.78, 5) is 23.7. The molecule has 2 rings (SSSR count). The maximum absolute atomic E-state index is 12.2. The minimum absolute atomic E-state index is 0.212. The highest BCUT2D eigenvalue weighted by molar-refractivity contribution is 6.30. The van der Waals surface area contributed by atoms with Gasteiger partial charge in [-0.1, -0.05) is 30.7 Å². The molecule has 0 bridgehead atoms. The van der Waals surface area contributed by atoms with Crippen molar-refractivity contribution in [2.75, 3.05) is 0 Å². The lowest BCUT2D eigenvalue weighted by molar-refractivity contribution is 0.0695. The molecule has 0 spiro atoms. The van der Waals surface area contributed by atoms with Crippen LogP contribution in [-0.2, 0) is 13.0 Å². The van der Waals surface area contributed by atoms with Crippen molar-refractivity contribution in [1.82, 2.24) is 4.57 Å². The van der Waals surface area contributed by atoms with Crippen LogP contribution in [0.1, 0.15) is 29.9 Å². The van der Waals surface area contributed by atoms with E-state index in [1.165, 1.54) is 6.07 Å². The summed E-state index contributed by atoms with van der Waals surface area (Å²) >= 11 is 6.00. The Balaban J connectivity index is 2.92. The number of nitrogens with zero attached hydrogens (tertiary/aromatic N) is 1. The molecule has 0 amide bonds. The quantitative estimate of drug-likeness (QED) is 0.941. The summed E-state index contributed by atoms with van der Waals surface area (Å²) in [5.41, 5.74) is 1.17. The summed E-state index contributed by atoms with van der Waals surface area (Å²) in [5, 5.41) is 9.92. The van der Waals surface area contributed by atoms with Crippen LogP contribution in [0.4, 0.5) is 0 Å². The predicted octanol–water partition coefficient (Wildman–Crippen LogP) is 3.45. The fourth-order valence-corrected chi connectivity index (χ4v) is 2.68. The summed E-state index contributed by atoms with van der Waals surface area (Å²) in [6, 6.07) is 8.30. The Hall–Kier alpha value is -2.07. The number of halogens is 1.